The van der Waals surface area contributed by atoms with E-state index in [4.69, 9.17) is 9.47 Å². The smallest absolute Gasteiger partial charge is 0.237 e. The van der Waals surface area contributed by atoms with Gasteiger partial charge in [-0.2, -0.15) is 0 Å². The second-order valence-electron chi connectivity index (χ2n) is 6.77. The van der Waals surface area contributed by atoms with Gasteiger partial charge in [-0.3, -0.25) is 9.59 Å². The third-order valence-electron chi connectivity index (χ3n) is 4.84. The molecule has 0 saturated heterocycles. The largest absolute Gasteiger partial charge is 0.493 e. The van der Waals surface area contributed by atoms with Gasteiger partial charge < -0.3 is 20.1 Å². The van der Waals surface area contributed by atoms with Crippen molar-refractivity contribution in [2.45, 2.75) is 24.5 Å². The number of aryl methyl sites for hydroxylation is 1. The number of anilines is 1. The maximum atomic E-state index is 12.4. The Kier molecular flexibility index (Phi) is 7.41. The number of rotatable bonds is 8. The molecule has 1 heterocycles. The molecule has 0 aromatic heterocycles. The number of nitrogens with one attached hydrogen (secondary N) is 2. The number of methoxy groups -OCH3 is 2. The quantitative estimate of drug-likeness (QED) is 0.694. The van der Waals surface area contributed by atoms with E-state index < -0.39 is 0 Å². The lowest BCUT2D eigenvalue weighted by atomic mass is 10.1. The van der Waals surface area contributed by atoms with Crippen LogP contribution >= 0.6 is 11.8 Å². The highest BCUT2D eigenvalue weighted by molar-refractivity contribution is 8.01. The van der Waals surface area contributed by atoms with Crippen molar-refractivity contribution in [1.29, 1.82) is 0 Å². The van der Waals surface area contributed by atoms with E-state index in [2.05, 4.69) is 10.6 Å². The van der Waals surface area contributed by atoms with Gasteiger partial charge >= 0.3 is 0 Å². The third kappa shape index (κ3) is 5.67. The lowest BCUT2D eigenvalue weighted by Crippen LogP contribution is -2.30. The maximum Gasteiger partial charge on any atom is 0.237 e. The molecule has 3 rings (SSSR count). The fourth-order valence-corrected chi connectivity index (χ4v) is 4.21. The molecular formula is C22H26N2O4S. The average Bonchev–Trinajstić information content (AvgIpc) is 2.90. The van der Waals surface area contributed by atoms with Gasteiger partial charge in [0.2, 0.25) is 11.8 Å². The molecule has 1 aliphatic heterocycles. The van der Waals surface area contributed by atoms with Crippen LogP contribution in [0.1, 0.15) is 17.5 Å². The van der Waals surface area contributed by atoms with Gasteiger partial charge in [0.1, 0.15) is 0 Å². The van der Waals surface area contributed by atoms with Gasteiger partial charge in [0.25, 0.3) is 0 Å². The van der Waals surface area contributed by atoms with Crippen LogP contribution in [0.5, 0.6) is 11.5 Å². The Morgan fingerprint density at radius 3 is 2.76 bits per heavy atom. The minimum absolute atomic E-state index is 0.0296. The summed E-state index contributed by atoms with van der Waals surface area (Å²) in [7, 11) is 3.20. The summed E-state index contributed by atoms with van der Waals surface area (Å²) in [4.78, 5) is 24.6. The number of fused-ring (bicyclic) bond motifs is 1. The zero-order valence-corrected chi connectivity index (χ0v) is 17.5. The molecule has 1 atom stereocenters. The minimum Gasteiger partial charge on any atom is -0.493 e. The van der Waals surface area contributed by atoms with Gasteiger partial charge in [0.15, 0.2) is 11.5 Å². The molecule has 7 heteroatoms. The van der Waals surface area contributed by atoms with Crippen molar-refractivity contribution in [2.75, 3.05) is 31.8 Å². The van der Waals surface area contributed by atoms with Crippen molar-refractivity contribution in [3.05, 3.63) is 53.6 Å². The second-order valence-corrected chi connectivity index (χ2v) is 7.97. The van der Waals surface area contributed by atoms with E-state index in [1.54, 1.807) is 14.2 Å². The highest BCUT2D eigenvalue weighted by Crippen LogP contribution is 2.28. The van der Waals surface area contributed by atoms with Crippen molar-refractivity contribution in [3.63, 3.8) is 0 Å². The summed E-state index contributed by atoms with van der Waals surface area (Å²) in [5.41, 5.74) is 3.07. The van der Waals surface area contributed by atoms with Crippen LogP contribution in [0.4, 0.5) is 5.69 Å². The van der Waals surface area contributed by atoms with Crippen molar-refractivity contribution in [1.82, 2.24) is 5.32 Å². The summed E-state index contributed by atoms with van der Waals surface area (Å²) in [5.74, 6) is 1.52. The van der Waals surface area contributed by atoms with Gasteiger partial charge in [-0.1, -0.05) is 24.3 Å². The van der Waals surface area contributed by atoms with Crippen LogP contribution in [0.3, 0.4) is 0 Å². The molecule has 1 unspecified atom stereocenters. The number of carbonyl (C=O) groups excluding carboxylic acids is 2. The fourth-order valence-electron chi connectivity index (χ4n) is 3.26. The molecule has 0 aliphatic carbocycles. The molecule has 2 amide bonds. The SMILES string of the molecule is COc1ccc(CCNC(=O)CSC2CCc3ccccc3NC2=O)cc1OC. The van der Waals surface area contributed by atoms with Crippen molar-refractivity contribution < 1.29 is 19.1 Å². The Hall–Kier alpha value is -2.67. The van der Waals surface area contributed by atoms with E-state index in [0.717, 1.165) is 29.7 Å². The predicted molar refractivity (Wildman–Crippen MR) is 116 cm³/mol. The standard InChI is InChI=1S/C22H26N2O4S/c1-27-18-9-7-15(13-19(18)28-2)11-12-23-21(25)14-29-20-10-8-16-5-3-4-6-17(16)24-22(20)26/h3-7,9,13,20H,8,10-12,14H2,1-2H3,(H,23,25)(H,24,26). The highest BCUT2D eigenvalue weighted by Gasteiger charge is 2.24. The topological polar surface area (TPSA) is 76.7 Å². The van der Waals surface area contributed by atoms with Crippen LogP contribution in [0.15, 0.2) is 42.5 Å². The van der Waals surface area contributed by atoms with Crippen molar-refractivity contribution in [3.8, 4) is 11.5 Å². The number of para-hydroxylation sites is 1. The summed E-state index contributed by atoms with van der Waals surface area (Å²) >= 11 is 1.39. The van der Waals surface area contributed by atoms with E-state index >= 15 is 0 Å². The highest BCUT2D eigenvalue weighted by atomic mass is 32.2. The van der Waals surface area contributed by atoms with Gasteiger partial charge in [0.05, 0.1) is 25.2 Å². The molecule has 2 aromatic rings. The first-order valence-electron chi connectivity index (χ1n) is 9.58. The Labute approximate surface area is 175 Å². The molecule has 154 valence electrons. The normalized spacial score (nSPS) is 15.7. The summed E-state index contributed by atoms with van der Waals surface area (Å²) in [5, 5.41) is 5.67. The van der Waals surface area contributed by atoms with Crippen LogP contribution in [0.2, 0.25) is 0 Å². The van der Waals surface area contributed by atoms with Crippen molar-refractivity contribution in [2.24, 2.45) is 0 Å². The molecule has 0 spiro atoms. The van der Waals surface area contributed by atoms with Gasteiger partial charge in [-0.15, -0.1) is 11.8 Å². The molecule has 0 saturated carbocycles. The lowest BCUT2D eigenvalue weighted by molar-refractivity contribution is -0.118. The molecule has 0 radical (unpaired) electrons. The number of amides is 2. The first-order chi connectivity index (χ1) is 14.1. The van der Waals surface area contributed by atoms with Crippen LogP contribution < -0.4 is 20.1 Å². The first kappa shape index (κ1) is 21.0. The van der Waals surface area contributed by atoms with Crippen LogP contribution in [-0.4, -0.2) is 43.6 Å². The Bertz CT molecular complexity index is 872. The number of carbonyl (C=O) groups is 2. The Morgan fingerprint density at radius 1 is 1.17 bits per heavy atom. The van der Waals surface area contributed by atoms with Crippen LogP contribution in [0, 0.1) is 0 Å². The Balaban J connectivity index is 1.43. The van der Waals surface area contributed by atoms with E-state index in [0.29, 0.717) is 24.5 Å². The number of ether oxygens (including phenoxy) is 2. The maximum absolute atomic E-state index is 12.4. The third-order valence-corrected chi connectivity index (χ3v) is 6.12. The number of benzene rings is 2. The number of thioether (sulfide) groups is 1. The average molecular weight is 415 g/mol. The Morgan fingerprint density at radius 2 is 1.97 bits per heavy atom. The minimum atomic E-state index is -0.223. The number of hydrogen-bond acceptors (Lipinski definition) is 5. The van der Waals surface area contributed by atoms with Crippen molar-refractivity contribution >= 4 is 29.3 Å². The molecule has 2 N–H and O–H groups in total. The molecule has 0 bridgehead atoms. The zero-order valence-electron chi connectivity index (χ0n) is 16.7. The lowest BCUT2D eigenvalue weighted by Gasteiger charge is -2.13. The molecule has 2 aromatic carbocycles. The zero-order chi connectivity index (χ0) is 20.6. The van der Waals surface area contributed by atoms with Gasteiger partial charge in [0, 0.05) is 12.2 Å². The molecule has 1 aliphatic rings. The number of hydrogen-bond donors (Lipinski definition) is 2. The predicted octanol–water partition coefficient (Wildman–Crippen LogP) is 3.05. The molecule has 29 heavy (non-hydrogen) atoms. The van der Waals surface area contributed by atoms with Crippen LogP contribution in [0.25, 0.3) is 0 Å². The molecular weight excluding hydrogens is 388 g/mol. The van der Waals surface area contributed by atoms with E-state index in [9.17, 15) is 9.59 Å². The monoisotopic (exact) mass is 414 g/mol. The molecule has 6 nitrogen and oxygen atoms in total. The summed E-state index contributed by atoms with van der Waals surface area (Å²) < 4.78 is 10.5. The second kappa shape index (κ2) is 10.2. The summed E-state index contributed by atoms with van der Waals surface area (Å²) in [6.45, 7) is 0.525. The van der Waals surface area contributed by atoms with E-state index in [1.165, 1.54) is 11.8 Å². The summed E-state index contributed by atoms with van der Waals surface area (Å²) in [6, 6.07) is 13.6. The van der Waals surface area contributed by atoms with E-state index in [1.807, 2.05) is 42.5 Å². The van der Waals surface area contributed by atoms with Gasteiger partial charge in [-0.05, 0) is 48.6 Å². The molecule has 0 fully saturated rings. The summed E-state index contributed by atoms with van der Waals surface area (Å²) in [6.07, 6.45) is 2.25. The first-order valence-corrected chi connectivity index (χ1v) is 10.6. The van der Waals surface area contributed by atoms with E-state index in [-0.39, 0.29) is 22.8 Å². The fraction of sp³-hybridized carbons (Fsp3) is 0.364. The van der Waals surface area contributed by atoms with Crippen LogP contribution in [-0.2, 0) is 22.4 Å². The van der Waals surface area contributed by atoms with Gasteiger partial charge in [-0.25, -0.2) is 0 Å².